The minimum atomic E-state index is -0.615. The van der Waals surface area contributed by atoms with E-state index in [1.165, 1.54) is 0 Å². The fraction of sp³-hybridized carbons (Fsp3) is 0.310. The molecule has 0 aromatic heterocycles. The molecule has 0 amide bonds. The van der Waals surface area contributed by atoms with E-state index in [1.54, 1.807) is 18.2 Å². The molecule has 7 heteroatoms. The van der Waals surface area contributed by atoms with E-state index in [4.69, 9.17) is 27.9 Å². The van der Waals surface area contributed by atoms with Gasteiger partial charge in [0.05, 0.1) is 23.1 Å². The maximum atomic E-state index is 13.5. The first-order valence-corrected chi connectivity index (χ1v) is 13.1. The van der Waals surface area contributed by atoms with Gasteiger partial charge in [-0.2, -0.15) is 0 Å². The highest BCUT2D eigenvalue weighted by atomic mass is 35.5. The van der Waals surface area contributed by atoms with Gasteiger partial charge in [0.2, 0.25) is 5.78 Å². The summed E-state index contributed by atoms with van der Waals surface area (Å²) in [5.74, 6) is 0.0619. The molecule has 0 aliphatic carbocycles. The van der Waals surface area contributed by atoms with Crippen LogP contribution >= 0.6 is 23.2 Å². The number of benzene rings is 3. The van der Waals surface area contributed by atoms with Gasteiger partial charge < -0.3 is 14.5 Å². The number of ketones is 1. The highest BCUT2D eigenvalue weighted by Gasteiger charge is 2.49. The number of rotatable bonds is 8. The highest BCUT2D eigenvalue weighted by molar-refractivity contribution is 6.42. The van der Waals surface area contributed by atoms with Crippen molar-refractivity contribution in [3.8, 4) is 0 Å². The molecule has 3 aliphatic heterocycles. The Morgan fingerprint density at radius 2 is 1.58 bits per heavy atom. The summed E-state index contributed by atoms with van der Waals surface area (Å²) < 4.78 is 6.83. The molecule has 6 rings (SSSR count). The van der Waals surface area contributed by atoms with Gasteiger partial charge in [0.1, 0.15) is 13.1 Å². The van der Waals surface area contributed by atoms with Gasteiger partial charge in [0.25, 0.3) is 0 Å². The van der Waals surface area contributed by atoms with E-state index in [9.17, 15) is 9.59 Å². The molecule has 3 fully saturated rings. The SMILES string of the molecule is O=C(C[N+]12CCC(CC1)C(OC(=O)C(Nc1ccccc1)c1ccccc1)C2)c1ccc(Cl)c(Cl)c1. The number of fused-ring (bicyclic) bond motifs is 3. The minimum Gasteiger partial charge on any atom is -0.454 e. The fourth-order valence-electron chi connectivity index (χ4n) is 5.48. The van der Waals surface area contributed by atoms with Gasteiger partial charge in [-0.1, -0.05) is 71.7 Å². The summed E-state index contributed by atoms with van der Waals surface area (Å²) in [5.41, 5.74) is 2.27. The monoisotopic (exact) mass is 523 g/mol. The maximum absolute atomic E-state index is 13.5. The summed E-state index contributed by atoms with van der Waals surface area (Å²) in [7, 11) is 0. The van der Waals surface area contributed by atoms with Crippen molar-refractivity contribution in [2.75, 3.05) is 31.5 Å². The zero-order chi connectivity index (χ0) is 25.1. The number of esters is 1. The average Bonchev–Trinajstić information content (AvgIpc) is 2.90. The van der Waals surface area contributed by atoms with Gasteiger partial charge in [-0.3, -0.25) is 4.79 Å². The average molecular weight is 524 g/mol. The number of anilines is 1. The molecule has 0 spiro atoms. The van der Waals surface area contributed by atoms with Gasteiger partial charge >= 0.3 is 5.97 Å². The second-order valence-electron chi connectivity index (χ2n) is 9.85. The van der Waals surface area contributed by atoms with Crippen LogP contribution in [0.2, 0.25) is 10.0 Å². The predicted molar refractivity (Wildman–Crippen MR) is 142 cm³/mol. The molecule has 3 heterocycles. The van der Waals surface area contributed by atoms with Crippen LogP contribution in [-0.4, -0.2) is 48.5 Å². The van der Waals surface area contributed by atoms with E-state index >= 15 is 0 Å². The van der Waals surface area contributed by atoms with Crippen LogP contribution in [0.1, 0.15) is 34.8 Å². The topological polar surface area (TPSA) is 55.4 Å². The summed E-state index contributed by atoms with van der Waals surface area (Å²) in [6, 6.07) is 23.7. The molecule has 1 N–H and O–H groups in total. The Morgan fingerprint density at radius 3 is 2.25 bits per heavy atom. The van der Waals surface area contributed by atoms with Crippen LogP contribution in [0.25, 0.3) is 0 Å². The second-order valence-corrected chi connectivity index (χ2v) is 10.7. The standard InChI is InChI=1S/C29H29Cl2N2O3/c30-24-12-11-22(17-25(24)31)26(34)18-33-15-13-20(14-16-33)27(19-33)36-29(35)28(21-7-3-1-4-8-21)32-23-9-5-2-6-10-23/h1-12,17,20,27-28,32H,13-16,18-19H2/q+1. The Balaban J connectivity index is 1.31. The van der Waals surface area contributed by atoms with Crippen LogP contribution in [0.3, 0.4) is 0 Å². The van der Waals surface area contributed by atoms with Crippen LogP contribution in [0, 0.1) is 5.92 Å². The smallest absolute Gasteiger partial charge is 0.333 e. The van der Waals surface area contributed by atoms with Crippen molar-refractivity contribution in [1.82, 2.24) is 0 Å². The zero-order valence-electron chi connectivity index (χ0n) is 19.9. The van der Waals surface area contributed by atoms with Crippen LogP contribution in [0.4, 0.5) is 5.69 Å². The number of halogens is 2. The summed E-state index contributed by atoms with van der Waals surface area (Å²) in [6.45, 7) is 2.84. The molecule has 36 heavy (non-hydrogen) atoms. The second kappa shape index (κ2) is 10.6. The largest absolute Gasteiger partial charge is 0.454 e. The van der Waals surface area contributed by atoms with Crippen molar-refractivity contribution in [3.63, 3.8) is 0 Å². The molecule has 2 bridgehead atoms. The Bertz CT molecular complexity index is 1230. The summed E-state index contributed by atoms with van der Waals surface area (Å²) in [6.07, 6.45) is 1.66. The van der Waals surface area contributed by atoms with Gasteiger partial charge in [0, 0.05) is 30.0 Å². The summed E-state index contributed by atoms with van der Waals surface area (Å²) in [4.78, 5) is 26.7. The maximum Gasteiger partial charge on any atom is 0.333 e. The first-order chi connectivity index (χ1) is 17.4. The van der Waals surface area contributed by atoms with Crippen molar-refractivity contribution >= 4 is 40.6 Å². The minimum absolute atomic E-state index is 0.0342. The molecule has 0 saturated carbocycles. The molecule has 2 unspecified atom stereocenters. The lowest BCUT2D eigenvalue weighted by Crippen LogP contribution is -2.65. The van der Waals surface area contributed by atoms with Gasteiger partial charge in [-0.15, -0.1) is 0 Å². The third-order valence-electron chi connectivity index (χ3n) is 7.48. The van der Waals surface area contributed by atoms with E-state index in [0.717, 1.165) is 37.2 Å². The molecule has 186 valence electrons. The number of nitrogens with zero attached hydrogens (tertiary/aromatic N) is 1. The Morgan fingerprint density at radius 1 is 0.917 bits per heavy atom. The van der Waals surface area contributed by atoms with Crippen LogP contribution in [0.5, 0.6) is 0 Å². The molecular formula is C29H29Cl2N2O3+. The van der Waals surface area contributed by atoms with E-state index < -0.39 is 6.04 Å². The number of hydrogen-bond donors (Lipinski definition) is 1. The summed E-state index contributed by atoms with van der Waals surface area (Å²) in [5, 5.41) is 4.16. The van der Waals surface area contributed by atoms with Crippen molar-refractivity contribution in [3.05, 3.63) is 100 Å². The zero-order valence-corrected chi connectivity index (χ0v) is 21.4. The summed E-state index contributed by atoms with van der Waals surface area (Å²) >= 11 is 12.2. The molecule has 0 radical (unpaired) electrons. The van der Waals surface area contributed by atoms with Crippen molar-refractivity contribution in [2.24, 2.45) is 5.92 Å². The number of nitrogens with one attached hydrogen (secondary N) is 1. The number of quaternary nitrogens is 1. The van der Waals surface area contributed by atoms with Crippen LogP contribution in [0.15, 0.2) is 78.9 Å². The first-order valence-electron chi connectivity index (χ1n) is 12.3. The third-order valence-corrected chi connectivity index (χ3v) is 8.22. The third kappa shape index (κ3) is 5.44. The fourth-order valence-corrected chi connectivity index (χ4v) is 5.78. The van der Waals surface area contributed by atoms with Gasteiger partial charge in [-0.25, -0.2) is 4.79 Å². The number of ether oxygens (including phenoxy) is 1. The van der Waals surface area contributed by atoms with Crippen molar-refractivity contribution in [1.29, 1.82) is 0 Å². The lowest BCUT2D eigenvalue weighted by molar-refractivity contribution is -0.938. The molecule has 2 atom stereocenters. The number of carbonyl (C=O) groups is 2. The Kier molecular flexibility index (Phi) is 7.33. The van der Waals surface area contributed by atoms with E-state index in [2.05, 4.69) is 5.32 Å². The van der Waals surface area contributed by atoms with Crippen LogP contribution < -0.4 is 5.32 Å². The normalized spacial score (nSPS) is 23.6. The van der Waals surface area contributed by atoms with Crippen molar-refractivity contribution < 1.29 is 18.8 Å². The number of Topliss-reactive ketones (excluding diaryl/α,β-unsaturated/α-hetero) is 1. The Labute approximate surface area is 221 Å². The molecule has 3 aromatic rings. The highest BCUT2D eigenvalue weighted by Crippen LogP contribution is 2.37. The van der Waals surface area contributed by atoms with Crippen LogP contribution in [-0.2, 0) is 9.53 Å². The predicted octanol–water partition coefficient (Wildman–Crippen LogP) is 6.18. The van der Waals surface area contributed by atoms with E-state index in [0.29, 0.717) is 39.1 Å². The van der Waals surface area contributed by atoms with Gasteiger partial charge in [0.15, 0.2) is 12.1 Å². The lowest BCUT2D eigenvalue weighted by Gasteiger charge is -2.51. The number of hydrogen-bond acceptors (Lipinski definition) is 4. The lowest BCUT2D eigenvalue weighted by atomic mass is 9.82. The molecule has 3 saturated heterocycles. The number of carbonyl (C=O) groups excluding carboxylic acids is 2. The Hall–Kier alpha value is -2.86. The van der Waals surface area contributed by atoms with Crippen molar-refractivity contribution in [2.45, 2.75) is 25.0 Å². The van der Waals surface area contributed by atoms with Gasteiger partial charge in [-0.05, 0) is 35.9 Å². The first kappa shape index (κ1) is 24.8. The van der Waals surface area contributed by atoms with E-state index in [-0.39, 0.29) is 17.9 Å². The molecule has 3 aromatic carbocycles. The van der Waals surface area contributed by atoms with E-state index in [1.807, 2.05) is 60.7 Å². The molecule has 3 aliphatic rings. The number of para-hydroxylation sites is 1. The molecule has 5 nitrogen and oxygen atoms in total. The quantitative estimate of drug-likeness (QED) is 0.217. The number of piperidine rings is 3. The molecular weight excluding hydrogens is 495 g/mol.